The molecule has 2 aliphatic heterocycles. The van der Waals surface area contributed by atoms with Crippen LogP contribution in [-0.2, 0) is 4.74 Å². The van der Waals surface area contributed by atoms with E-state index in [9.17, 15) is 4.79 Å². The number of nitrogens with zero attached hydrogens (tertiary/aromatic N) is 2. The summed E-state index contributed by atoms with van der Waals surface area (Å²) in [4.78, 5) is 19.7. The minimum atomic E-state index is 0.206. The molecule has 2 saturated heterocycles. The number of rotatable bonds is 7. The number of benzene rings is 1. The predicted octanol–water partition coefficient (Wildman–Crippen LogP) is 4.36. The molecular formula is C24H32N2O3S. The van der Waals surface area contributed by atoms with Crippen molar-refractivity contribution in [3.05, 3.63) is 50.7 Å². The topological polar surface area (TPSA) is 42.0 Å². The Hall–Kier alpha value is -1.89. The van der Waals surface area contributed by atoms with Crippen molar-refractivity contribution in [3.8, 4) is 5.75 Å². The molecule has 0 radical (unpaired) electrons. The van der Waals surface area contributed by atoms with E-state index in [4.69, 9.17) is 9.47 Å². The lowest BCUT2D eigenvalue weighted by Gasteiger charge is -2.38. The van der Waals surface area contributed by atoms with Gasteiger partial charge in [0.25, 0.3) is 5.91 Å². The van der Waals surface area contributed by atoms with E-state index >= 15 is 0 Å². The van der Waals surface area contributed by atoms with Crippen LogP contribution in [-0.4, -0.2) is 61.2 Å². The molecule has 2 fully saturated rings. The highest BCUT2D eigenvalue weighted by Gasteiger charge is 2.47. The summed E-state index contributed by atoms with van der Waals surface area (Å²) in [7, 11) is 1.69. The van der Waals surface area contributed by atoms with E-state index in [1.54, 1.807) is 18.4 Å². The summed E-state index contributed by atoms with van der Waals surface area (Å²) in [5.74, 6) is 1.14. The van der Waals surface area contributed by atoms with Gasteiger partial charge in [0.1, 0.15) is 12.4 Å². The van der Waals surface area contributed by atoms with Crippen LogP contribution in [0.25, 0.3) is 0 Å². The molecule has 0 N–H and O–H groups in total. The Morgan fingerprint density at radius 1 is 1.10 bits per heavy atom. The number of hydrogen-bond acceptors (Lipinski definition) is 5. The van der Waals surface area contributed by atoms with Crippen molar-refractivity contribution in [2.45, 2.75) is 52.2 Å². The number of hydrogen-bond donors (Lipinski definition) is 0. The van der Waals surface area contributed by atoms with Gasteiger partial charge in [0, 0.05) is 43.2 Å². The Kier molecular flexibility index (Phi) is 6.19. The summed E-state index contributed by atoms with van der Waals surface area (Å²) >= 11 is 1.60. The maximum Gasteiger partial charge on any atom is 0.264 e. The summed E-state index contributed by atoms with van der Waals surface area (Å²) in [6, 6.07) is 9.39. The van der Waals surface area contributed by atoms with Gasteiger partial charge in [-0.2, -0.15) is 0 Å². The van der Waals surface area contributed by atoms with Gasteiger partial charge in [-0.3, -0.25) is 9.69 Å². The molecule has 0 saturated carbocycles. The summed E-state index contributed by atoms with van der Waals surface area (Å²) in [6.45, 7) is 11.6. The highest BCUT2D eigenvalue weighted by atomic mass is 32.1. The van der Waals surface area contributed by atoms with E-state index < -0.39 is 0 Å². The molecule has 2 aromatic rings. The number of likely N-dealkylation sites (tertiary alicyclic amines) is 2. The second kappa shape index (κ2) is 8.69. The van der Waals surface area contributed by atoms with Crippen molar-refractivity contribution in [3.63, 3.8) is 0 Å². The van der Waals surface area contributed by atoms with Crippen LogP contribution in [0.15, 0.2) is 24.3 Å². The number of fused-ring (bicyclic) bond motifs is 2. The largest absolute Gasteiger partial charge is 0.491 e. The molecule has 1 aromatic carbocycles. The first-order valence-corrected chi connectivity index (χ1v) is 11.6. The lowest BCUT2D eigenvalue weighted by atomic mass is 9.96. The van der Waals surface area contributed by atoms with E-state index in [-0.39, 0.29) is 5.91 Å². The Morgan fingerprint density at radius 3 is 2.53 bits per heavy atom. The van der Waals surface area contributed by atoms with Crippen LogP contribution in [0, 0.1) is 20.8 Å². The average Bonchev–Trinajstić information content (AvgIpc) is 3.46. The highest BCUT2D eigenvalue weighted by molar-refractivity contribution is 7.13. The molecule has 6 heteroatoms. The van der Waals surface area contributed by atoms with Crippen LogP contribution in [0.3, 0.4) is 0 Å². The Bertz CT molecular complexity index is 925. The molecule has 1 amide bonds. The molecule has 2 bridgehead atoms. The minimum Gasteiger partial charge on any atom is -0.491 e. The van der Waals surface area contributed by atoms with Gasteiger partial charge in [0.15, 0.2) is 0 Å². The summed E-state index contributed by atoms with van der Waals surface area (Å²) < 4.78 is 11.0. The number of aryl methyl sites for hydroxylation is 1. The van der Waals surface area contributed by atoms with Gasteiger partial charge in [0.2, 0.25) is 0 Å². The molecule has 5 nitrogen and oxygen atoms in total. The number of ether oxygens (including phenoxy) is 2. The maximum absolute atomic E-state index is 12.9. The van der Waals surface area contributed by atoms with Crippen LogP contribution < -0.4 is 4.74 Å². The fourth-order valence-electron chi connectivity index (χ4n) is 4.95. The first-order chi connectivity index (χ1) is 14.4. The number of methoxy groups -OCH3 is 1. The van der Waals surface area contributed by atoms with E-state index in [0.29, 0.717) is 31.3 Å². The van der Waals surface area contributed by atoms with Crippen molar-refractivity contribution in [1.82, 2.24) is 9.80 Å². The molecule has 0 spiro atoms. The van der Waals surface area contributed by atoms with Gasteiger partial charge in [-0.25, -0.2) is 0 Å². The third-order valence-corrected chi connectivity index (χ3v) is 7.76. The number of carbonyl (C=O) groups is 1. The average molecular weight is 429 g/mol. The summed E-state index contributed by atoms with van der Waals surface area (Å²) in [5, 5.41) is 0. The number of piperazine rings is 1. The molecule has 0 unspecified atom stereocenters. The van der Waals surface area contributed by atoms with Gasteiger partial charge < -0.3 is 14.4 Å². The van der Waals surface area contributed by atoms with E-state index in [0.717, 1.165) is 30.1 Å². The number of thiophene rings is 1. The Morgan fingerprint density at radius 2 is 1.90 bits per heavy atom. The van der Waals surface area contributed by atoms with Crippen molar-refractivity contribution in [2.75, 3.05) is 33.4 Å². The zero-order valence-electron chi connectivity index (χ0n) is 18.6. The summed E-state index contributed by atoms with van der Waals surface area (Å²) in [6.07, 6.45) is 1.08. The summed E-state index contributed by atoms with van der Waals surface area (Å²) in [5.41, 5.74) is 3.85. The van der Waals surface area contributed by atoms with Gasteiger partial charge in [-0.1, -0.05) is 6.07 Å². The molecule has 0 aliphatic carbocycles. The Labute approximate surface area is 183 Å². The molecule has 3 atom stereocenters. The van der Waals surface area contributed by atoms with Crippen molar-refractivity contribution in [1.29, 1.82) is 0 Å². The van der Waals surface area contributed by atoms with Crippen molar-refractivity contribution >= 4 is 17.2 Å². The second-order valence-electron chi connectivity index (χ2n) is 8.53. The normalized spacial score (nSPS) is 22.0. The molecule has 1 aromatic heterocycles. The SMILES string of the molecule is COCCOc1ccc([C@H](C)N2C[C@H]3C[C@@H]2CN3C(=O)c2ccc(C)s2)c(C)c1C. The van der Waals surface area contributed by atoms with Gasteiger partial charge in [0.05, 0.1) is 11.5 Å². The zero-order chi connectivity index (χ0) is 21.4. The first kappa shape index (κ1) is 21.3. The van der Waals surface area contributed by atoms with Crippen molar-refractivity contribution in [2.24, 2.45) is 0 Å². The molecule has 4 rings (SSSR count). The maximum atomic E-state index is 12.9. The fourth-order valence-corrected chi connectivity index (χ4v) is 5.77. The monoisotopic (exact) mass is 428 g/mol. The molecular weight excluding hydrogens is 396 g/mol. The molecule has 30 heavy (non-hydrogen) atoms. The molecule has 3 heterocycles. The molecule has 2 aliphatic rings. The van der Waals surface area contributed by atoms with E-state index in [1.165, 1.54) is 21.6 Å². The quantitative estimate of drug-likeness (QED) is 0.615. The standard InChI is InChI=1S/C24H32N2O3S/c1-15-6-9-23(30-15)24(27)26-14-19-12-20(26)13-25(19)18(4)21-7-8-22(17(3)16(21)2)29-11-10-28-5/h6-9,18-20H,10-14H2,1-5H3/t18-,19+,20+/m0/s1. The van der Waals surface area contributed by atoms with Gasteiger partial charge in [-0.05, 0) is 69.0 Å². The smallest absolute Gasteiger partial charge is 0.264 e. The van der Waals surface area contributed by atoms with Crippen LogP contribution >= 0.6 is 11.3 Å². The van der Waals surface area contributed by atoms with Crippen molar-refractivity contribution < 1.29 is 14.3 Å². The van der Waals surface area contributed by atoms with Crippen LogP contribution in [0.4, 0.5) is 0 Å². The second-order valence-corrected chi connectivity index (χ2v) is 9.82. The lowest BCUT2D eigenvalue weighted by Crippen LogP contribution is -2.49. The third kappa shape index (κ3) is 3.88. The number of amides is 1. The van der Waals surface area contributed by atoms with Gasteiger partial charge >= 0.3 is 0 Å². The van der Waals surface area contributed by atoms with Crippen LogP contribution in [0.2, 0.25) is 0 Å². The lowest BCUT2D eigenvalue weighted by molar-refractivity contribution is 0.0573. The fraction of sp³-hybridized carbons (Fsp3) is 0.542. The predicted molar refractivity (Wildman–Crippen MR) is 121 cm³/mol. The third-order valence-electron chi connectivity index (χ3n) is 6.77. The van der Waals surface area contributed by atoms with E-state index in [2.05, 4.69) is 49.6 Å². The molecule has 162 valence electrons. The van der Waals surface area contributed by atoms with Crippen LogP contribution in [0.1, 0.15) is 50.6 Å². The minimum absolute atomic E-state index is 0.206. The Balaban J connectivity index is 1.44. The number of carbonyl (C=O) groups excluding carboxylic acids is 1. The highest BCUT2D eigenvalue weighted by Crippen LogP contribution is 2.39. The zero-order valence-corrected chi connectivity index (χ0v) is 19.4. The van der Waals surface area contributed by atoms with E-state index in [1.807, 2.05) is 12.1 Å². The van der Waals surface area contributed by atoms with Gasteiger partial charge in [-0.15, -0.1) is 11.3 Å². The van der Waals surface area contributed by atoms with Crippen LogP contribution in [0.5, 0.6) is 5.75 Å². The first-order valence-electron chi connectivity index (χ1n) is 10.8.